The first-order valence-electron chi connectivity index (χ1n) is 6.43. The predicted octanol–water partition coefficient (Wildman–Crippen LogP) is 0.938. The van der Waals surface area contributed by atoms with E-state index in [1.165, 1.54) is 6.07 Å². The molecule has 4 nitrogen and oxygen atoms in total. The van der Waals surface area contributed by atoms with Crippen LogP contribution in [0.25, 0.3) is 0 Å². The summed E-state index contributed by atoms with van der Waals surface area (Å²) in [6, 6.07) is 6.43. The molecule has 1 aromatic rings. The van der Waals surface area contributed by atoms with Gasteiger partial charge in [0.25, 0.3) is 0 Å². The van der Waals surface area contributed by atoms with Crippen LogP contribution in [0, 0.1) is 11.7 Å². The number of benzene rings is 1. The molecule has 1 saturated carbocycles. The van der Waals surface area contributed by atoms with Crippen LogP contribution in [0.4, 0.5) is 4.39 Å². The summed E-state index contributed by atoms with van der Waals surface area (Å²) in [5.74, 6) is -0.629. The van der Waals surface area contributed by atoms with E-state index in [0.717, 1.165) is 0 Å². The third kappa shape index (κ3) is 2.13. The summed E-state index contributed by atoms with van der Waals surface area (Å²) < 4.78 is 19.0. The number of hydrogen-bond donors (Lipinski definition) is 2. The van der Waals surface area contributed by atoms with Crippen molar-refractivity contribution in [2.24, 2.45) is 5.92 Å². The van der Waals surface area contributed by atoms with Gasteiger partial charge in [-0.2, -0.15) is 0 Å². The van der Waals surface area contributed by atoms with Gasteiger partial charge in [-0.1, -0.05) is 18.2 Å². The number of halogens is 1. The van der Waals surface area contributed by atoms with Crippen molar-refractivity contribution in [3.05, 3.63) is 35.6 Å². The molecule has 3 rings (SSSR count). The van der Waals surface area contributed by atoms with Crippen LogP contribution in [0.5, 0.6) is 0 Å². The number of hydrogen-bond acceptors (Lipinski definition) is 3. The first kappa shape index (κ1) is 12.6. The standard InChI is InChI=1S/C14H16FNO3/c15-12-4-2-1-3-11(12)14(7-19-8-14)16-13(18)9-5-10(17)6-9/h1-4,9-10,17H,5-8H2,(H,16,18). The molecule has 2 fully saturated rings. The summed E-state index contributed by atoms with van der Waals surface area (Å²) >= 11 is 0. The lowest BCUT2D eigenvalue weighted by Crippen LogP contribution is -2.61. The number of amides is 1. The van der Waals surface area contributed by atoms with Crippen molar-refractivity contribution in [1.82, 2.24) is 5.32 Å². The highest BCUT2D eigenvalue weighted by molar-refractivity contribution is 5.80. The molecule has 0 bridgehead atoms. The molecule has 2 N–H and O–H groups in total. The number of nitrogens with one attached hydrogen (secondary N) is 1. The van der Waals surface area contributed by atoms with E-state index >= 15 is 0 Å². The Labute approximate surface area is 110 Å². The van der Waals surface area contributed by atoms with E-state index in [2.05, 4.69) is 5.32 Å². The van der Waals surface area contributed by atoms with E-state index in [1.54, 1.807) is 18.2 Å². The Morgan fingerprint density at radius 3 is 2.58 bits per heavy atom. The molecule has 1 amide bonds. The average molecular weight is 265 g/mol. The zero-order valence-corrected chi connectivity index (χ0v) is 10.4. The Hall–Kier alpha value is -1.46. The summed E-state index contributed by atoms with van der Waals surface area (Å²) in [6.45, 7) is 0.573. The fourth-order valence-electron chi connectivity index (χ4n) is 2.59. The number of carbonyl (C=O) groups excluding carboxylic acids is 1. The SMILES string of the molecule is O=C(NC1(c2ccccc2F)COC1)C1CC(O)C1. The zero-order valence-electron chi connectivity index (χ0n) is 10.4. The topological polar surface area (TPSA) is 58.6 Å². The summed E-state index contributed by atoms with van der Waals surface area (Å²) in [5.41, 5.74) is -0.280. The van der Waals surface area contributed by atoms with Gasteiger partial charge in [0, 0.05) is 11.5 Å². The van der Waals surface area contributed by atoms with Crippen LogP contribution in [0.15, 0.2) is 24.3 Å². The molecular weight excluding hydrogens is 249 g/mol. The lowest BCUT2D eigenvalue weighted by molar-refractivity contribution is -0.143. The second kappa shape index (κ2) is 4.58. The summed E-state index contributed by atoms with van der Waals surface area (Å²) in [7, 11) is 0. The fourth-order valence-corrected chi connectivity index (χ4v) is 2.59. The summed E-state index contributed by atoms with van der Waals surface area (Å²) in [6.07, 6.45) is 0.595. The van der Waals surface area contributed by atoms with Gasteiger partial charge in [-0.3, -0.25) is 4.79 Å². The van der Waals surface area contributed by atoms with Gasteiger partial charge < -0.3 is 15.2 Å². The fraction of sp³-hybridized carbons (Fsp3) is 0.500. The second-order valence-electron chi connectivity index (χ2n) is 5.37. The highest BCUT2D eigenvalue weighted by Crippen LogP contribution is 2.34. The molecule has 0 unspecified atom stereocenters. The molecule has 1 heterocycles. The van der Waals surface area contributed by atoms with Crippen LogP contribution in [0.1, 0.15) is 18.4 Å². The van der Waals surface area contributed by atoms with Gasteiger partial charge in [-0.05, 0) is 18.9 Å². The number of aliphatic hydroxyl groups excluding tert-OH is 1. The van der Waals surface area contributed by atoms with E-state index in [9.17, 15) is 14.3 Å². The summed E-state index contributed by atoms with van der Waals surface area (Å²) in [4.78, 5) is 12.1. The average Bonchev–Trinajstić information content (AvgIpc) is 2.31. The number of aliphatic hydroxyl groups is 1. The molecule has 0 aromatic heterocycles. The smallest absolute Gasteiger partial charge is 0.224 e. The molecule has 2 aliphatic rings. The number of carbonyl (C=O) groups is 1. The molecular formula is C14H16FNO3. The molecule has 102 valence electrons. The van der Waals surface area contributed by atoms with Gasteiger partial charge in [-0.25, -0.2) is 4.39 Å². The van der Waals surface area contributed by atoms with Crippen LogP contribution in [0.3, 0.4) is 0 Å². The van der Waals surface area contributed by atoms with Crippen molar-refractivity contribution in [2.75, 3.05) is 13.2 Å². The van der Waals surface area contributed by atoms with E-state index in [4.69, 9.17) is 4.74 Å². The van der Waals surface area contributed by atoms with Crippen molar-refractivity contribution in [1.29, 1.82) is 0 Å². The molecule has 0 spiro atoms. The van der Waals surface area contributed by atoms with E-state index in [0.29, 0.717) is 18.4 Å². The second-order valence-corrected chi connectivity index (χ2v) is 5.37. The molecule has 0 radical (unpaired) electrons. The van der Waals surface area contributed by atoms with Gasteiger partial charge in [0.05, 0.1) is 19.3 Å². The van der Waals surface area contributed by atoms with E-state index < -0.39 is 5.54 Å². The minimum Gasteiger partial charge on any atom is -0.393 e. The normalized spacial score (nSPS) is 28.1. The Kier molecular flexibility index (Phi) is 3.03. The quantitative estimate of drug-likeness (QED) is 0.855. The highest BCUT2D eigenvalue weighted by atomic mass is 19.1. The maximum atomic E-state index is 13.9. The Morgan fingerprint density at radius 2 is 2.05 bits per heavy atom. The van der Waals surface area contributed by atoms with E-state index in [-0.39, 0.29) is 37.0 Å². The van der Waals surface area contributed by atoms with Crippen molar-refractivity contribution in [3.63, 3.8) is 0 Å². The minimum atomic E-state index is -0.747. The molecule has 19 heavy (non-hydrogen) atoms. The maximum absolute atomic E-state index is 13.9. The van der Waals surface area contributed by atoms with Crippen molar-refractivity contribution < 1.29 is 19.0 Å². The molecule has 5 heteroatoms. The third-order valence-corrected chi connectivity index (χ3v) is 3.93. The molecule has 0 atom stereocenters. The maximum Gasteiger partial charge on any atom is 0.224 e. The summed E-state index contributed by atoms with van der Waals surface area (Å²) in [5, 5.41) is 12.1. The van der Waals surface area contributed by atoms with Crippen LogP contribution >= 0.6 is 0 Å². The van der Waals surface area contributed by atoms with Crippen molar-refractivity contribution >= 4 is 5.91 Å². The first-order chi connectivity index (χ1) is 9.11. The number of rotatable bonds is 3. The van der Waals surface area contributed by atoms with Crippen LogP contribution < -0.4 is 5.32 Å². The molecule has 1 aromatic carbocycles. The van der Waals surface area contributed by atoms with Gasteiger partial charge >= 0.3 is 0 Å². The Balaban J connectivity index is 1.77. The van der Waals surface area contributed by atoms with Crippen LogP contribution in [-0.2, 0) is 15.1 Å². The van der Waals surface area contributed by atoms with Gasteiger partial charge in [0.1, 0.15) is 11.4 Å². The van der Waals surface area contributed by atoms with E-state index in [1.807, 2.05) is 0 Å². The zero-order chi connectivity index (χ0) is 13.5. The van der Waals surface area contributed by atoms with Crippen LogP contribution in [-0.4, -0.2) is 30.3 Å². The lowest BCUT2D eigenvalue weighted by atomic mass is 9.80. The monoisotopic (exact) mass is 265 g/mol. The minimum absolute atomic E-state index is 0.128. The molecule has 1 saturated heterocycles. The number of ether oxygens (including phenoxy) is 1. The highest BCUT2D eigenvalue weighted by Gasteiger charge is 2.45. The molecule has 1 aliphatic heterocycles. The molecule has 1 aliphatic carbocycles. The van der Waals surface area contributed by atoms with Crippen molar-refractivity contribution in [3.8, 4) is 0 Å². The van der Waals surface area contributed by atoms with Gasteiger partial charge in [0.2, 0.25) is 5.91 Å². The Morgan fingerprint density at radius 1 is 1.37 bits per heavy atom. The van der Waals surface area contributed by atoms with Gasteiger partial charge in [0.15, 0.2) is 0 Å². The largest absolute Gasteiger partial charge is 0.393 e. The van der Waals surface area contributed by atoms with Crippen LogP contribution in [0.2, 0.25) is 0 Å². The van der Waals surface area contributed by atoms with Crippen molar-refractivity contribution in [2.45, 2.75) is 24.5 Å². The van der Waals surface area contributed by atoms with Gasteiger partial charge in [-0.15, -0.1) is 0 Å². The third-order valence-electron chi connectivity index (χ3n) is 3.93. The first-order valence-corrected chi connectivity index (χ1v) is 6.43. The lowest BCUT2D eigenvalue weighted by Gasteiger charge is -2.44. The predicted molar refractivity (Wildman–Crippen MR) is 65.8 cm³/mol. The Bertz CT molecular complexity index is 495.